The fourth-order valence-corrected chi connectivity index (χ4v) is 2.80. The van der Waals surface area contributed by atoms with Gasteiger partial charge in [-0.15, -0.1) is 0 Å². The first-order valence-corrected chi connectivity index (χ1v) is 7.92. The average molecular weight is 326 g/mol. The van der Waals surface area contributed by atoms with Gasteiger partial charge in [0.25, 0.3) is 5.91 Å². The molecule has 122 valence electrons. The van der Waals surface area contributed by atoms with Crippen LogP contribution in [0.15, 0.2) is 18.2 Å². The van der Waals surface area contributed by atoms with E-state index in [2.05, 4.69) is 10.4 Å². The number of amides is 1. The lowest BCUT2D eigenvalue weighted by molar-refractivity contribution is 0.0945. The summed E-state index contributed by atoms with van der Waals surface area (Å²) in [6.45, 7) is 1.10. The molecule has 0 bridgehead atoms. The van der Waals surface area contributed by atoms with Crippen LogP contribution in [0, 0.1) is 17.1 Å². The van der Waals surface area contributed by atoms with E-state index in [9.17, 15) is 9.18 Å². The molecule has 2 aromatic rings. The van der Waals surface area contributed by atoms with Gasteiger partial charge in [-0.25, -0.2) is 9.07 Å². The summed E-state index contributed by atoms with van der Waals surface area (Å²) in [5.41, 5.74) is 0.948. The van der Waals surface area contributed by atoms with Crippen LogP contribution in [0.2, 0.25) is 0 Å². The number of benzene rings is 1. The van der Waals surface area contributed by atoms with Crippen LogP contribution in [-0.2, 0) is 6.54 Å². The topological polar surface area (TPSA) is 79.9 Å². The van der Waals surface area contributed by atoms with Crippen molar-refractivity contribution in [3.8, 4) is 23.1 Å². The zero-order valence-electron chi connectivity index (χ0n) is 12.9. The lowest BCUT2D eigenvalue weighted by atomic mass is 10.0. The molecule has 0 radical (unpaired) electrons. The second kappa shape index (κ2) is 5.64. The number of fused-ring (bicyclic) bond motifs is 1. The molecule has 2 aliphatic rings. The lowest BCUT2D eigenvalue weighted by Crippen LogP contribution is -2.26. The second-order valence-corrected chi connectivity index (χ2v) is 6.01. The summed E-state index contributed by atoms with van der Waals surface area (Å²) >= 11 is 0. The summed E-state index contributed by atoms with van der Waals surface area (Å²) in [5, 5.41) is 16.3. The number of carbonyl (C=O) groups is 1. The largest absolute Gasteiger partial charge is 0.477 e. The van der Waals surface area contributed by atoms with Crippen LogP contribution in [0.3, 0.4) is 0 Å². The number of aryl methyl sites for hydroxylation is 1. The van der Waals surface area contributed by atoms with Gasteiger partial charge in [0.2, 0.25) is 5.88 Å². The van der Waals surface area contributed by atoms with Crippen LogP contribution in [0.5, 0.6) is 5.88 Å². The summed E-state index contributed by atoms with van der Waals surface area (Å²) in [5.74, 6) is -0.463. The molecule has 1 aromatic carbocycles. The summed E-state index contributed by atoms with van der Waals surface area (Å²) in [7, 11) is 0. The molecule has 1 aromatic heterocycles. The van der Waals surface area contributed by atoms with E-state index in [4.69, 9.17) is 10.00 Å². The maximum absolute atomic E-state index is 14.4. The van der Waals surface area contributed by atoms with Gasteiger partial charge in [-0.2, -0.15) is 10.4 Å². The van der Waals surface area contributed by atoms with Crippen LogP contribution in [-0.4, -0.2) is 28.3 Å². The Bertz CT molecular complexity index is 864. The summed E-state index contributed by atoms with van der Waals surface area (Å²) in [6, 6.07) is 6.22. The van der Waals surface area contributed by atoms with Gasteiger partial charge in [-0.1, -0.05) is 0 Å². The molecule has 1 aliphatic carbocycles. The monoisotopic (exact) mass is 326 g/mol. The van der Waals surface area contributed by atoms with Crippen molar-refractivity contribution >= 4 is 5.91 Å². The Morgan fingerprint density at radius 1 is 1.46 bits per heavy atom. The minimum absolute atomic E-state index is 0.146. The molecule has 1 amide bonds. The van der Waals surface area contributed by atoms with Gasteiger partial charge < -0.3 is 10.1 Å². The molecule has 6 nitrogen and oxygen atoms in total. The molecular formula is C17H15FN4O2. The highest BCUT2D eigenvalue weighted by molar-refractivity contribution is 6.01. The van der Waals surface area contributed by atoms with Crippen LogP contribution >= 0.6 is 0 Å². The minimum atomic E-state index is -0.514. The van der Waals surface area contributed by atoms with Gasteiger partial charge in [0.15, 0.2) is 5.69 Å². The van der Waals surface area contributed by atoms with Crippen LogP contribution in [0.4, 0.5) is 4.39 Å². The third-order valence-corrected chi connectivity index (χ3v) is 4.15. The first kappa shape index (κ1) is 14.7. The summed E-state index contributed by atoms with van der Waals surface area (Å²) in [4.78, 5) is 12.5. The fourth-order valence-electron chi connectivity index (χ4n) is 2.80. The first-order chi connectivity index (χ1) is 11.7. The predicted octanol–water partition coefficient (Wildman–Crippen LogP) is 2.24. The van der Waals surface area contributed by atoms with Crippen molar-refractivity contribution in [2.45, 2.75) is 31.8 Å². The lowest BCUT2D eigenvalue weighted by Gasteiger charge is -2.16. The van der Waals surface area contributed by atoms with Crippen LogP contribution in [0.25, 0.3) is 11.1 Å². The third kappa shape index (κ3) is 2.50. The molecule has 7 heteroatoms. The Hall–Kier alpha value is -2.88. The molecule has 4 rings (SSSR count). The molecule has 1 saturated carbocycles. The first-order valence-electron chi connectivity index (χ1n) is 7.92. The van der Waals surface area contributed by atoms with Crippen LogP contribution < -0.4 is 10.1 Å². The Morgan fingerprint density at radius 2 is 2.29 bits per heavy atom. The number of nitrogens with zero attached hydrogens (tertiary/aromatic N) is 3. The maximum Gasteiger partial charge on any atom is 0.272 e. The maximum atomic E-state index is 14.4. The molecule has 0 spiro atoms. The van der Waals surface area contributed by atoms with Gasteiger partial charge in [0.1, 0.15) is 5.82 Å². The molecule has 0 saturated heterocycles. The molecule has 1 aliphatic heterocycles. The number of nitriles is 1. The Labute approximate surface area is 137 Å². The minimum Gasteiger partial charge on any atom is -0.477 e. The van der Waals surface area contributed by atoms with Crippen molar-refractivity contribution in [3.05, 3.63) is 35.3 Å². The highest BCUT2D eigenvalue weighted by Crippen LogP contribution is 2.37. The number of hydrogen-bond acceptors (Lipinski definition) is 4. The van der Waals surface area contributed by atoms with Crippen molar-refractivity contribution in [3.63, 3.8) is 0 Å². The molecule has 0 unspecified atom stereocenters. The number of hydrogen-bond donors (Lipinski definition) is 1. The summed E-state index contributed by atoms with van der Waals surface area (Å²) in [6.07, 6.45) is 2.67. The molecule has 0 atom stereocenters. The van der Waals surface area contributed by atoms with Crippen molar-refractivity contribution in [1.82, 2.24) is 15.1 Å². The molecular weight excluding hydrogens is 311 g/mol. The van der Waals surface area contributed by atoms with E-state index >= 15 is 0 Å². The van der Waals surface area contributed by atoms with Crippen molar-refractivity contribution in [1.29, 1.82) is 5.26 Å². The number of nitrogens with one attached hydrogen (secondary N) is 1. The predicted molar refractivity (Wildman–Crippen MR) is 82.9 cm³/mol. The van der Waals surface area contributed by atoms with E-state index in [1.54, 1.807) is 4.68 Å². The smallest absolute Gasteiger partial charge is 0.272 e. The zero-order chi connectivity index (χ0) is 16.7. The van der Waals surface area contributed by atoms with Crippen molar-refractivity contribution in [2.24, 2.45) is 0 Å². The van der Waals surface area contributed by atoms with Crippen LogP contribution in [0.1, 0.15) is 35.3 Å². The third-order valence-electron chi connectivity index (χ3n) is 4.15. The fraction of sp³-hybridized carbons (Fsp3) is 0.353. The molecule has 1 N–H and O–H groups in total. The highest BCUT2D eigenvalue weighted by Gasteiger charge is 2.32. The van der Waals surface area contributed by atoms with Gasteiger partial charge in [-0.3, -0.25) is 4.79 Å². The Morgan fingerprint density at radius 3 is 3.04 bits per heavy atom. The Kier molecular flexibility index (Phi) is 3.45. The van der Waals surface area contributed by atoms with E-state index in [-0.39, 0.29) is 23.2 Å². The Balaban J connectivity index is 1.87. The second-order valence-electron chi connectivity index (χ2n) is 6.01. The van der Waals surface area contributed by atoms with Gasteiger partial charge in [0, 0.05) is 24.6 Å². The molecule has 1 fully saturated rings. The highest BCUT2D eigenvalue weighted by atomic mass is 19.1. The number of ether oxygens (including phenoxy) is 1. The zero-order valence-corrected chi connectivity index (χ0v) is 12.9. The van der Waals surface area contributed by atoms with E-state index in [0.29, 0.717) is 30.2 Å². The quantitative estimate of drug-likeness (QED) is 0.938. The van der Waals surface area contributed by atoms with Gasteiger partial charge in [-0.05, 0) is 31.0 Å². The van der Waals surface area contributed by atoms with E-state index in [1.165, 1.54) is 18.2 Å². The standard InChI is InChI=1S/C17H15FN4O2/c18-13-5-2-10(9-19)8-12(13)14-15(16(23)20-11-3-4-11)21-22-6-1-7-24-17(14)22/h2,5,8,11H,1,3-4,6-7H2,(H,20,23). The molecule has 2 heterocycles. The number of halogens is 1. The number of carbonyl (C=O) groups excluding carboxylic acids is 1. The summed E-state index contributed by atoms with van der Waals surface area (Å²) < 4.78 is 21.7. The van der Waals surface area contributed by atoms with E-state index in [0.717, 1.165) is 19.3 Å². The van der Waals surface area contributed by atoms with Crippen molar-refractivity contribution < 1.29 is 13.9 Å². The SMILES string of the molecule is N#Cc1ccc(F)c(-c2c(C(=O)NC3CC3)nn3c2OCCC3)c1. The average Bonchev–Trinajstić information content (AvgIpc) is 3.32. The van der Waals surface area contributed by atoms with E-state index in [1.807, 2.05) is 6.07 Å². The van der Waals surface area contributed by atoms with Gasteiger partial charge >= 0.3 is 0 Å². The normalized spacial score (nSPS) is 16.0. The number of rotatable bonds is 3. The van der Waals surface area contributed by atoms with E-state index < -0.39 is 5.82 Å². The van der Waals surface area contributed by atoms with Crippen molar-refractivity contribution in [2.75, 3.05) is 6.61 Å². The van der Waals surface area contributed by atoms with Gasteiger partial charge in [0.05, 0.1) is 23.8 Å². The molecule has 24 heavy (non-hydrogen) atoms. The number of aromatic nitrogens is 2.